The van der Waals surface area contributed by atoms with Crippen molar-refractivity contribution in [2.45, 2.75) is 76.9 Å². The van der Waals surface area contributed by atoms with E-state index in [9.17, 15) is 19.8 Å². The number of Topliss-reactive ketones (excluding diaryl/α,β-unsaturated/α-hetero) is 1. The third-order valence-electron chi connectivity index (χ3n) is 8.96. The quantitative estimate of drug-likeness (QED) is 0.358. The first-order valence-electron chi connectivity index (χ1n) is 11.1. The summed E-state index contributed by atoms with van der Waals surface area (Å²) in [5.41, 5.74) is -0.841. The first-order valence-corrected chi connectivity index (χ1v) is 11.1. The summed E-state index contributed by atoms with van der Waals surface area (Å²) in [5, 5.41) is 34.4. The van der Waals surface area contributed by atoms with Gasteiger partial charge in [-0.05, 0) is 76.0 Å². The summed E-state index contributed by atoms with van der Waals surface area (Å²) in [6.07, 6.45) is 9.56. The molecule has 0 aliphatic heterocycles. The molecule has 30 heavy (non-hydrogen) atoms. The van der Waals surface area contributed by atoms with Gasteiger partial charge in [0.2, 0.25) is 6.61 Å². The van der Waals surface area contributed by atoms with Gasteiger partial charge in [0, 0.05) is 10.8 Å². The second-order valence-corrected chi connectivity index (χ2v) is 10.1. The minimum absolute atomic E-state index is 0.128. The normalized spacial score (nSPS) is 45.3. The molecule has 7 heteroatoms. The Balaban J connectivity index is 1.67. The largest absolute Gasteiger partial charge is 0.479 e. The third kappa shape index (κ3) is 3.04. The second kappa shape index (κ2) is 7.45. The highest BCUT2D eigenvalue weighted by Gasteiger charge is 2.65. The van der Waals surface area contributed by atoms with E-state index in [1.54, 1.807) is 6.21 Å². The Hall–Kier alpha value is -1.73. The van der Waals surface area contributed by atoms with Crippen LogP contribution in [0.25, 0.3) is 0 Å². The molecule has 0 unspecified atom stereocenters. The van der Waals surface area contributed by atoms with E-state index in [2.05, 4.69) is 18.2 Å². The van der Waals surface area contributed by atoms with Gasteiger partial charge in [-0.1, -0.05) is 23.7 Å². The number of aliphatic hydroxyl groups excluding tert-OH is 1. The number of carbonyl (C=O) groups excluding carboxylic acids is 1. The van der Waals surface area contributed by atoms with Crippen LogP contribution in [-0.2, 0) is 14.4 Å². The van der Waals surface area contributed by atoms with E-state index in [1.807, 2.05) is 0 Å². The molecule has 0 bridgehead atoms. The molecule has 4 aliphatic carbocycles. The molecule has 0 heterocycles. The average molecular weight is 420 g/mol. The van der Waals surface area contributed by atoms with Crippen molar-refractivity contribution < 1.29 is 29.7 Å². The van der Waals surface area contributed by atoms with Crippen molar-refractivity contribution in [1.82, 2.24) is 0 Å². The summed E-state index contributed by atoms with van der Waals surface area (Å²) in [6, 6.07) is 0. The molecule has 0 saturated heterocycles. The summed E-state index contributed by atoms with van der Waals surface area (Å²) in [6.45, 7) is 3.12. The number of allylic oxidation sites excluding steroid dienone is 1. The fraction of sp³-hybridized carbons (Fsp3) is 0.783. The molecule has 7 atom stereocenters. The van der Waals surface area contributed by atoms with Gasteiger partial charge >= 0.3 is 5.97 Å². The molecule has 0 aromatic heterocycles. The number of oxime groups is 1. The van der Waals surface area contributed by atoms with Crippen LogP contribution < -0.4 is 0 Å². The van der Waals surface area contributed by atoms with Crippen molar-refractivity contribution in [3.63, 3.8) is 0 Å². The zero-order chi connectivity index (χ0) is 21.7. The molecule has 0 amide bonds. The Bertz CT molecular complexity index is 793. The Kier molecular flexibility index (Phi) is 5.34. The van der Waals surface area contributed by atoms with Crippen molar-refractivity contribution in [2.75, 3.05) is 6.61 Å². The molecule has 0 radical (unpaired) electrons. The van der Waals surface area contributed by atoms with Crippen LogP contribution in [0.15, 0.2) is 16.8 Å². The molecule has 3 saturated carbocycles. The number of fused-ring (bicyclic) bond motifs is 5. The van der Waals surface area contributed by atoms with Crippen molar-refractivity contribution in [3.05, 3.63) is 11.6 Å². The van der Waals surface area contributed by atoms with E-state index in [1.165, 1.54) is 12.5 Å². The monoisotopic (exact) mass is 419 g/mol. The lowest BCUT2D eigenvalue weighted by Gasteiger charge is -2.58. The van der Waals surface area contributed by atoms with Crippen LogP contribution in [0.1, 0.15) is 65.2 Å². The van der Waals surface area contributed by atoms with Crippen LogP contribution >= 0.6 is 0 Å². The lowest BCUT2D eigenvalue weighted by molar-refractivity contribution is -0.158. The van der Waals surface area contributed by atoms with Gasteiger partial charge in [-0.15, -0.1) is 0 Å². The summed E-state index contributed by atoms with van der Waals surface area (Å²) in [5.74, 6) is -0.336. The van der Waals surface area contributed by atoms with Gasteiger partial charge in [-0.2, -0.15) is 0 Å². The van der Waals surface area contributed by atoms with E-state index in [-0.39, 0.29) is 29.1 Å². The molecule has 3 fully saturated rings. The Morgan fingerprint density at radius 2 is 1.97 bits per heavy atom. The maximum absolute atomic E-state index is 12.4. The van der Waals surface area contributed by atoms with Gasteiger partial charge in [0.05, 0.1) is 12.3 Å². The number of hydrogen-bond donors (Lipinski definition) is 3. The van der Waals surface area contributed by atoms with E-state index in [4.69, 9.17) is 9.94 Å². The summed E-state index contributed by atoms with van der Waals surface area (Å²) in [4.78, 5) is 28.2. The highest BCUT2D eigenvalue weighted by atomic mass is 16.6. The molecular formula is C23H33NO6. The molecule has 0 spiro atoms. The van der Waals surface area contributed by atoms with E-state index in [0.717, 1.165) is 32.1 Å². The van der Waals surface area contributed by atoms with E-state index in [0.29, 0.717) is 25.2 Å². The lowest BCUT2D eigenvalue weighted by Crippen LogP contribution is -2.57. The van der Waals surface area contributed by atoms with Crippen LogP contribution in [0.2, 0.25) is 0 Å². The topological polar surface area (TPSA) is 116 Å². The smallest absolute Gasteiger partial charge is 0.344 e. The predicted molar refractivity (Wildman–Crippen MR) is 110 cm³/mol. The molecular weight excluding hydrogens is 386 g/mol. The minimum Gasteiger partial charge on any atom is -0.479 e. The standard InChI is InChI=1S/C23H33NO6/c1-14(25)23(29)10-7-18-17-4-3-15-11-16(26)5-9-22(15,13-24-30-12-20(27)28)19(17)6-8-21(18,23)2/h3,13,16-19,26,29H,4-12H2,1-2H3,(H,27,28)/b24-13-/t16-,17-,18-,19-,21-,22+,23-/m0/s1. The van der Waals surface area contributed by atoms with Gasteiger partial charge in [0.1, 0.15) is 5.60 Å². The highest BCUT2D eigenvalue weighted by molar-refractivity contribution is 5.86. The van der Waals surface area contributed by atoms with Crippen LogP contribution in [0, 0.1) is 28.6 Å². The zero-order valence-electron chi connectivity index (χ0n) is 17.8. The zero-order valence-corrected chi connectivity index (χ0v) is 17.8. The summed E-state index contributed by atoms with van der Waals surface area (Å²) in [7, 11) is 0. The first-order chi connectivity index (χ1) is 14.1. The van der Waals surface area contributed by atoms with Crippen molar-refractivity contribution in [2.24, 2.45) is 33.7 Å². The lowest BCUT2D eigenvalue weighted by atomic mass is 9.46. The molecule has 0 aromatic rings. The molecule has 4 rings (SSSR count). The van der Waals surface area contributed by atoms with E-state index >= 15 is 0 Å². The fourth-order valence-electron chi connectivity index (χ4n) is 7.40. The summed E-state index contributed by atoms with van der Waals surface area (Å²) < 4.78 is 0. The van der Waals surface area contributed by atoms with Gasteiger partial charge in [-0.25, -0.2) is 4.79 Å². The highest BCUT2D eigenvalue weighted by Crippen LogP contribution is 2.67. The van der Waals surface area contributed by atoms with Crippen molar-refractivity contribution >= 4 is 18.0 Å². The predicted octanol–water partition coefficient (Wildman–Crippen LogP) is 2.70. The van der Waals surface area contributed by atoms with Gasteiger partial charge in [-0.3, -0.25) is 4.79 Å². The summed E-state index contributed by atoms with van der Waals surface area (Å²) >= 11 is 0. The number of ketones is 1. The van der Waals surface area contributed by atoms with Gasteiger partial charge in [0.25, 0.3) is 0 Å². The van der Waals surface area contributed by atoms with Crippen LogP contribution in [0.3, 0.4) is 0 Å². The number of carboxylic acid groups (broad SMARTS) is 1. The van der Waals surface area contributed by atoms with Crippen LogP contribution in [-0.4, -0.2) is 51.6 Å². The Labute approximate surface area is 177 Å². The number of aliphatic hydroxyl groups is 2. The van der Waals surface area contributed by atoms with E-state index < -0.39 is 23.6 Å². The van der Waals surface area contributed by atoms with Gasteiger partial charge in [0.15, 0.2) is 5.78 Å². The molecule has 3 N–H and O–H groups in total. The second-order valence-electron chi connectivity index (χ2n) is 10.1. The molecule has 4 aliphatic rings. The maximum Gasteiger partial charge on any atom is 0.344 e. The molecule has 7 nitrogen and oxygen atoms in total. The van der Waals surface area contributed by atoms with Crippen LogP contribution in [0.5, 0.6) is 0 Å². The minimum atomic E-state index is -1.25. The number of nitrogens with zero attached hydrogens (tertiary/aromatic N) is 1. The molecule has 166 valence electrons. The number of hydrogen-bond acceptors (Lipinski definition) is 6. The van der Waals surface area contributed by atoms with Crippen molar-refractivity contribution in [1.29, 1.82) is 0 Å². The van der Waals surface area contributed by atoms with Crippen molar-refractivity contribution in [3.8, 4) is 0 Å². The SMILES string of the molecule is CC(=O)[C@@]1(O)CC[C@H]2[C@@H]3CC=C4C[C@@H](O)CC[C@]4(/C=N\OCC(=O)O)[C@H]3CC[C@@]21C. The van der Waals surface area contributed by atoms with Gasteiger partial charge < -0.3 is 20.2 Å². The number of carboxylic acids is 1. The first kappa shape index (κ1) is 21.5. The number of aliphatic carboxylic acids is 1. The number of carbonyl (C=O) groups is 2. The molecule has 0 aromatic carbocycles. The number of rotatable bonds is 5. The Morgan fingerprint density at radius 1 is 1.23 bits per heavy atom. The average Bonchev–Trinajstić information content (AvgIpc) is 2.98. The Morgan fingerprint density at radius 3 is 2.67 bits per heavy atom. The third-order valence-corrected chi connectivity index (χ3v) is 8.96. The fourth-order valence-corrected chi connectivity index (χ4v) is 7.40. The van der Waals surface area contributed by atoms with Crippen LogP contribution in [0.4, 0.5) is 0 Å². The maximum atomic E-state index is 12.4.